The highest BCUT2D eigenvalue weighted by Gasteiger charge is 2.31. The van der Waals surface area contributed by atoms with Gasteiger partial charge in [-0.15, -0.1) is 0 Å². The zero-order valence-corrected chi connectivity index (χ0v) is 22.3. The summed E-state index contributed by atoms with van der Waals surface area (Å²) in [5, 5.41) is 3.81. The number of nitrogens with two attached hydrogens (primary N) is 2. The van der Waals surface area contributed by atoms with Gasteiger partial charge < -0.3 is 21.7 Å². The highest BCUT2D eigenvalue weighted by Crippen LogP contribution is 2.25. The number of nitrogens with zero attached hydrogens (tertiary/aromatic N) is 1. The molecule has 0 radical (unpaired) electrons. The van der Waals surface area contributed by atoms with Crippen molar-refractivity contribution in [2.45, 2.75) is 19.0 Å². The van der Waals surface area contributed by atoms with Gasteiger partial charge in [0.15, 0.2) is 0 Å². The van der Waals surface area contributed by atoms with E-state index in [1.165, 1.54) is 17.0 Å². The molecule has 0 bridgehead atoms. The van der Waals surface area contributed by atoms with Crippen molar-refractivity contribution < 1.29 is 14.4 Å². The Balaban J connectivity index is 1.60. The van der Waals surface area contributed by atoms with E-state index in [0.717, 1.165) is 11.1 Å². The zero-order chi connectivity index (χ0) is 27.9. The molecule has 4 rings (SSSR count). The lowest BCUT2D eigenvalue weighted by atomic mass is 9.95. The lowest BCUT2D eigenvalue weighted by molar-refractivity contribution is -0.138. The highest BCUT2D eigenvalue weighted by atomic mass is 35.5. The Morgan fingerprint density at radius 2 is 1.33 bits per heavy atom. The summed E-state index contributed by atoms with van der Waals surface area (Å²) in [4.78, 5) is 40.7. The van der Waals surface area contributed by atoms with E-state index in [1.807, 2.05) is 12.1 Å². The first-order chi connectivity index (χ1) is 18.7. The minimum Gasteiger partial charge on any atom is -0.397 e. The number of para-hydroxylation sites is 2. The van der Waals surface area contributed by atoms with E-state index < -0.39 is 17.7 Å². The van der Waals surface area contributed by atoms with E-state index in [0.29, 0.717) is 32.5 Å². The summed E-state index contributed by atoms with van der Waals surface area (Å²) in [6, 6.07) is 27.3. The topological polar surface area (TPSA) is 119 Å². The average Bonchev–Trinajstić information content (AvgIpc) is 2.90. The fourth-order valence-electron chi connectivity index (χ4n) is 4.17. The number of carbonyl (C=O) groups excluding carboxylic acids is 3. The number of amides is 3. The van der Waals surface area contributed by atoms with Crippen LogP contribution in [0.3, 0.4) is 0 Å². The number of hydrogen-bond donors (Lipinski definition) is 3. The van der Waals surface area contributed by atoms with Crippen molar-refractivity contribution in [3.05, 3.63) is 129 Å². The van der Waals surface area contributed by atoms with Crippen molar-refractivity contribution in [3.8, 4) is 0 Å². The van der Waals surface area contributed by atoms with Gasteiger partial charge in [0.25, 0.3) is 5.91 Å². The molecule has 0 spiro atoms. The van der Waals surface area contributed by atoms with E-state index in [-0.39, 0.29) is 19.0 Å². The molecular formula is C30H26Cl2N4O3. The first-order valence-corrected chi connectivity index (χ1v) is 12.8. The van der Waals surface area contributed by atoms with Gasteiger partial charge in [-0.3, -0.25) is 14.4 Å². The fourth-order valence-corrected chi connectivity index (χ4v) is 4.59. The van der Waals surface area contributed by atoms with Crippen molar-refractivity contribution in [1.29, 1.82) is 0 Å². The molecule has 1 atom stereocenters. The Morgan fingerprint density at radius 1 is 0.769 bits per heavy atom. The van der Waals surface area contributed by atoms with E-state index in [2.05, 4.69) is 5.32 Å². The van der Waals surface area contributed by atoms with Gasteiger partial charge in [-0.25, -0.2) is 0 Å². The second kappa shape index (κ2) is 12.5. The van der Waals surface area contributed by atoms with Crippen molar-refractivity contribution >= 4 is 52.3 Å². The monoisotopic (exact) mass is 560 g/mol. The van der Waals surface area contributed by atoms with Crippen LogP contribution in [-0.4, -0.2) is 22.6 Å². The van der Waals surface area contributed by atoms with E-state index in [9.17, 15) is 14.4 Å². The first-order valence-electron chi connectivity index (χ1n) is 12.0. The predicted molar refractivity (Wildman–Crippen MR) is 154 cm³/mol. The molecule has 0 saturated carbocycles. The predicted octanol–water partition coefficient (Wildman–Crippen LogP) is 5.63. The van der Waals surface area contributed by atoms with Crippen LogP contribution in [0.25, 0.3) is 0 Å². The van der Waals surface area contributed by atoms with Gasteiger partial charge in [-0.05, 0) is 65.2 Å². The van der Waals surface area contributed by atoms with Crippen molar-refractivity contribution in [2.75, 3.05) is 11.1 Å². The van der Waals surface area contributed by atoms with Crippen molar-refractivity contribution in [2.24, 2.45) is 5.73 Å². The van der Waals surface area contributed by atoms with Gasteiger partial charge in [0.2, 0.25) is 11.8 Å². The molecule has 4 aromatic carbocycles. The maximum Gasteiger partial charge on any atom is 0.255 e. The summed E-state index contributed by atoms with van der Waals surface area (Å²) in [6.07, 6.45) is 0. The Hall–Kier alpha value is -4.33. The molecular weight excluding hydrogens is 535 g/mol. The largest absolute Gasteiger partial charge is 0.397 e. The molecule has 0 fully saturated rings. The molecule has 1 unspecified atom stereocenters. The summed E-state index contributed by atoms with van der Waals surface area (Å²) in [6.45, 7) is 0.378. The second-order valence-corrected chi connectivity index (χ2v) is 9.83. The fraction of sp³-hybridized carbons (Fsp3) is 0.100. The lowest BCUT2D eigenvalue weighted by Crippen LogP contribution is -2.40. The van der Waals surface area contributed by atoms with Crippen molar-refractivity contribution in [3.63, 3.8) is 0 Å². The van der Waals surface area contributed by atoms with Crippen molar-refractivity contribution in [1.82, 2.24) is 4.90 Å². The van der Waals surface area contributed by atoms with Crippen LogP contribution >= 0.6 is 23.2 Å². The number of hydrogen-bond acceptors (Lipinski definition) is 4. The molecule has 0 aromatic heterocycles. The maximum absolute atomic E-state index is 13.8. The Bertz CT molecular complexity index is 1460. The normalized spacial score (nSPS) is 11.4. The standard InChI is InChI=1S/C30H26Cl2N4O3/c31-23-7-3-5-19(15-23)17-36(18-20-6-4-8-24(32)16-20)30(39)27(28(34)37)21-11-13-22(14-12-21)29(38)35-26-10-2-1-9-25(26)33/h1-16,27H,17-18,33H2,(H2,34,37)(H,35,38). The molecule has 9 heteroatoms. The number of anilines is 2. The number of nitrogen functional groups attached to an aromatic ring is 1. The average molecular weight is 561 g/mol. The zero-order valence-electron chi connectivity index (χ0n) is 20.8. The van der Waals surface area contributed by atoms with Crippen LogP contribution in [0.15, 0.2) is 97.1 Å². The van der Waals surface area contributed by atoms with E-state index in [4.69, 9.17) is 34.7 Å². The molecule has 0 aliphatic rings. The molecule has 3 amide bonds. The number of carbonyl (C=O) groups is 3. The van der Waals surface area contributed by atoms with Crippen LogP contribution in [0.1, 0.15) is 33.0 Å². The minimum absolute atomic E-state index is 0.189. The number of primary amides is 1. The molecule has 0 heterocycles. The summed E-state index contributed by atoms with van der Waals surface area (Å²) >= 11 is 12.3. The molecule has 0 aliphatic heterocycles. The number of nitrogens with one attached hydrogen (secondary N) is 1. The summed E-state index contributed by atoms with van der Waals surface area (Å²) in [5.41, 5.74) is 14.8. The minimum atomic E-state index is -1.27. The summed E-state index contributed by atoms with van der Waals surface area (Å²) in [7, 11) is 0. The van der Waals surface area contributed by atoms with Crippen LogP contribution in [-0.2, 0) is 22.7 Å². The number of halogens is 2. The van der Waals surface area contributed by atoms with Crippen LogP contribution in [0, 0.1) is 0 Å². The van der Waals surface area contributed by atoms with Gasteiger partial charge >= 0.3 is 0 Å². The van der Waals surface area contributed by atoms with E-state index >= 15 is 0 Å². The van der Waals surface area contributed by atoms with Gasteiger partial charge in [0.05, 0.1) is 11.4 Å². The van der Waals surface area contributed by atoms with Gasteiger partial charge in [0.1, 0.15) is 5.92 Å². The SMILES string of the molecule is NC(=O)C(C(=O)N(Cc1cccc(Cl)c1)Cc1cccc(Cl)c1)c1ccc(C(=O)Nc2ccccc2N)cc1. The summed E-state index contributed by atoms with van der Waals surface area (Å²) in [5.74, 6) is -2.96. The molecule has 198 valence electrons. The molecule has 7 nitrogen and oxygen atoms in total. The quantitative estimate of drug-likeness (QED) is 0.181. The second-order valence-electron chi connectivity index (χ2n) is 8.95. The number of rotatable bonds is 9. The molecule has 0 aliphatic carbocycles. The van der Waals surface area contributed by atoms with Crippen LogP contribution in [0.4, 0.5) is 11.4 Å². The van der Waals surface area contributed by atoms with Gasteiger partial charge in [-0.1, -0.05) is 71.7 Å². The Labute approximate surface area is 236 Å². The van der Waals surface area contributed by atoms with Crippen LogP contribution < -0.4 is 16.8 Å². The summed E-state index contributed by atoms with van der Waals surface area (Å²) < 4.78 is 0. The molecule has 5 N–H and O–H groups in total. The molecule has 39 heavy (non-hydrogen) atoms. The van der Waals surface area contributed by atoms with E-state index in [1.54, 1.807) is 72.8 Å². The maximum atomic E-state index is 13.8. The Morgan fingerprint density at radius 3 is 1.85 bits per heavy atom. The highest BCUT2D eigenvalue weighted by molar-refractivity contribution is 6.30. The molecule has 4 aromatic rings. The first kappa shape index (κ1) is 27.7. The number of benzene rings is 4. The smallest absolute Gasteiger partial charge is 0.255 e. The van der Waals surface area contributed by atoms with Crippen LogP contribution in [0.5, 0.6) is 0 Å². The third-order valence-corrected chi connectivity index (χ3v) is 6.55. The van der Waals surface area contributed by atoms with Gasteiger partial charge in [0, 0.05) is 28.7 Å². The third kappa shape index (κ3) is 7.16. The van der Waals surface area contributed by atoms with Crippen LogP contribution in [0.2, 0.25) is 10.0 Å². The third-order valence-electron chi connectivity index (χ3n) is 6.08. The molecule has 0 saturated heterocycles. The Kier molecular flexibility index (Phi) is 8.86. The van der Waals surface area contributed by atoms with Gasteiger partial charge in [-0.2, -0.15) is 0 Å². The lowest BCUT2D eigenvalue weighted by Gasteiger charge is -2.27.